The van der Waals surface area contributed by atoms with E-state index in [-0.39, 0.29) is 0 Å². The molecule has 5 rings (SSSR count). The highest BCUT2D eigenvalue weighted by Gasteiger charge is 2.20. The van der Waals surface area contributed by atoms with Crippen LogP contribution < -0.4 is 4.90 Å². The minimum atomic E-state index is 0.709. The molecular formula is C25H33N5. The van der Waals surface area contributed by atoms with E-state index >= 15 is 0 Å². The van der Waals surface area contributed by atoms with Crippen LogP contribution in [0.4, 0.5) is 5.69 Å². The molecule has 0 unspecified atom stereocenters. The van der Waals surface area contributed by atoms with Crippen molar-refractivity contribution in [3.05, 3.63) is 54.4 Å². The summed E-state index contributed by atoms with van der Waals surface area (Å²) in [5.74, 6) is 0.709. The molecule has 2 aliphatic heterocycles. The maximum Gasteiger partial charge on any atom is 0.0886 e. The number of aromatic nitrogens is 2. The molecule has 2 fully saturated rings. The van der Waals surface area contributed by atoms with E-state index in [9.17, 15) is 0 Å². The fourth-order valence-corrected chi connectivity index (χ4v) is 5.00. The van der Waals surface area contributed by atoms with Gasteiger partial charge in [0.25, 0.3) is 0 Å². The molecule has 4 heterocycles. The number of rotatable bonds is 4. The van der Waals surface area contributed by atoms with Crippen LogP contribution >= 0.6 is 0 Å². The Morgan fingerprint density at radius 3 is 2.33 bits per heavy atom. The van der Waals surface area contributed by atoms with Crippen molar-refractivity contribution in [2.75, 3.05) is 57.8 Å². The summed E-state index contributed by atoms with van der Waals surface area (Å²) in [6, 6.07) is 13.8. The highest BCUT2D eigenvalue weighted by molar-refractivity contribution is 5.80. The van der Waals surface area contributed by atoms with Gasteiger partial charge in [0.1, 0.15) is 0 Å². The SMILES string of the molecule is CCN1CCC(c2ccc(-c3cc4c(N5CCN(C)CC5)ccnn4c3)cc2)CC1. The van der Waals surface area contributed by atoms with Crippen molar-refractivity contribution in [2.24, 2.45) is 0 Å². The Morgan fingerprint density at radius 2 is 1.63 bits per heavy atom. The van der Waals surface area contributed by atoms with Gasteiger partial charge in [-0.25, -0.2) is 4.52 Å². The Balaban J connectivity index is 1.37. The second-order valence-electron chi connectivity index (χ2n) is 8.90. The van der Waals surface area contributed by atoms with Gasteiger partial charge in [-0.1, -0.05) is 31.2 Å². The molecule has 5 nitrogen and oxygen atoms in total. The zero-order valence-electron chi connectivity index (χ0n) is 18.3. The number of anilines is 1. The molecule has 2 aromatic heterocycles. The number of likely N-dealkylation sites (tertiary alicyclic amines) is 1. The first-order valence-corrected chi connectivity index (χ1v) is 11.4. The predicted octanol–water partition coefficient (Wildman–Crippen LogP) is 3.95. The van der Waals surface area contributed by atoms with Crippen LogP contribution in [-0.2, 0) is 0 Å². The molecule has 2 saturated heterocycles. The molecule has 0 aliphatic carbocycles. The van der Waals surface area contributed by atoms with Gasteiger partial charge in [0.15, 0.2) is 0 Å². The number of hydrogen-bond acceptors (Lipinski definition) is 4. The van der Waals surface area contributed by atoms with Gasteiger partial charge in [0.2, 0.25) is 0 Å². The minimum Gasteiger partial charge on any atom is -0.367 e. The maximum atomic E-state index is 4.58. The van der Waals surface area contributed by atoms with Gasteiger partial charge in [0, 0.05) is 44.1 Å². The summed E-state index contributed by atoms with van der Waals surface area (Å²) < 4.78 is 2.04. The maximum absolute atomic E-state index is 4.58. The normalized spacial score (nSPS) is 19.6. The zero-order valence-corrected chi connectivity index (χ0v) is 18.3. The number of hydrogen-bond donors (Lipinski definition) is 0. The van der Waals surface area contributed by atoms with Gasteiger partial charge >= 0.3 is 0 Å². The number of fused-ring (bicyclic) bond motifs is 1. The molecule has 0 spiro atoms. The fraction of sp³-hybridized carbons (Fsp3) is 0.480. The van der Waals surface area contributed by atoms with E-state index in [2.05, 4.69) is 76.4 Å². The van der Waals surface area contributed by atoms with E-state index < -0.39 is 0 Å². The zero-order chi connectivity index (χ0) is 20.5. The van der Waals surface area contributed by atoms with E-state index in [1.54, 1.807) is 0 Å². The van der Waals surface area contributed by atoms with Crippen LogP contribution in [0, 0.1) is 0 Å². The molecule has 158 valence electrons. The molecular weight excluding hydrogens is 370 g/mol. The monoisotopic (exact) mass is 403 g/mol. The van der Waals surface area contributed by atoms with Crippen LogP contribution in [0.1, 0.15) is 31.2 Å². The van der Waals surface area contributed by atoms with E-state index in [0.29, 0.717) is 5.92 Å². The van der Waals surface area contributed by atoms with Crippen LogP contribution in [0.5, 0.6) is 0 Å². The molecule has 0 radical (unpaired) electrons. The Bertz CT molecular complexity index is 976. The standard InChI is InChI=1S/C25H33N5/c1-3-28-12-9-22(10-13-28)20-4-6-21(7-5-20)23-18-25-24(8-11-26-30(25)19-23)29-16-14-27(2)15-17-29/h4-8,11,18-19,22H,3,9-10,12-17H2,1-2H3. The summed E-state index contributed by atoms with van der Waals surface area (Å²) in [6.45, 7) is 10.3. The van der Waals surface area contributed by atoms with E-state index in [1.165, 1.54) is 60.4 Å². The molecule has 1 aromatic carbocycles. The molecule has 0 saturated carbocycles. The molecule has 2 aliphatic rings. The summed E-state index contributed by atoms with van der Waals surface area (Å²) in [6.07, 6.45) is 6.66. The van der Waals surface area contributed by atoms with Gasteiger partial charge < -0.3 is 14.7 Å². The van der Waals surface area contributed by atoms with Crippen molar-refractivity contribution in [3.63, 3.8) is 0 Å². The molecule has 5 heteroatoms. The second kappa shape index (κ2) is 8.40. The summed E-state index contributed by atoms with van der Waals surface area (Å²) >= 11 is 0. The van der Waals surface area contributed by atoms with Crippen LogP contribution in [0.2, 0.25) is 0 Å². The number of piperazine rings is 1. The van der Waals surface area contributed by atoms with Crippen LogP contribution in [-0.4, -0.2) is 72.3 Å². The van der Waals surface area contributed by atoms with Gasteiger partial charge in [0.05, 0.1) is 11.2 Å². The fourth-order valence-electron chi connectivity index (χ4n) is 5.00. The third-order valence-electron chi connectivity index (χ3n) is 7.08. The van der Waals surface area contributed by atoms with Gasteiger partial charge in [-0.3, -0.25) is 0 Å². The van der Waals surface area contributed by atoms with Crippen molar-refractivity contribution < 1.29 is 0 Å². The Hall–Kier alpha value is -2.37. The average Bonchev–Trinajstić information content (AvgIpc) is 3.24. The van der Waals surface area contributed by atoms with Crippen LogP contribution in [0.15, 0.2) is 48.8 Å². The second-order valence-corrected chi connectivity index (χ2v) is 8.90. The van der Waals surface area contributed by atoms with Gasteiger partial charge in [-0.2, -0.15) is 5.10 Å². The molecule has 30 heavy (non-hydrogen) atoms. The Kier molecular flexibility index (Phi) is 5.48. The molecule has 0 N–H and O–H groups in total. The quantitative estimate of drug-likeness (QED) is 0.659. The lowest BCUT2D eigenvalue weighted by Crippen LogP contribution is -2.44. The van der Waals surface area contributed by atoms with E-state index in [4.69, 9.17) is 0 Å². The number of piperidine rings is 1. The number of benzene rings is 1. The summed E-state index contributed by atoms with van der Waals surface area (Å²) in [7, 11) is 2.20. The predicted molar refractivity (Wildman–Crippen MR) is 124 cm³/mol. The smallest absolute Gasteiger partial charge is 0.0886 e. The lowest BCUT2D eigenvalue weighted by molar-refractivity contribution is 0.222. The molecule has 0 amide bonds. The summed E-state index contributed by atoms with van der Waals surface area (Å²) in [5.41, 5.74) is 6.52. The largest absolute Gasteiger partial charge is 0.367 e. The summed E-state index contributed by atoms with van der Waals surface area (Å²) in [5, 5.41) is 4.58. The van der Waals surface area contributed by atoms with Crippen molar-refractivity contribution in [3.8, 4) is 11.1 Å². The van der Waals surface area contributed by atoms with E-state index in [0.717, 1.165) is 26.2 Å². The highest BCUT2D eigenvalue weighted by Crippen LogP contribution is 2.32. The first-order chi connectivity index (χ1) is 14.7. The first-order valence-electron chi connectivity index (χ1n) is 11.4. The van der Waals surface area contributed by atoms with Crippen molar-refractivity contribution in [1.82, 2.24) is 19.4 Å². The topological polar surface area (TPSA) is 27.0 Å². The Labute approximate surface area is 179 Å². The van der Waals surface area contributed by atoms with Crippen molar-refractivity contribution >= 4 is 11.2 Å². The summed E-state index contributed by atoms with van der Waals surface area (Å²) in [4.78, 5) is 7.45. The first kappa shape index (κ1) is 19.6. The molecule has 3 aromatic rings. The molecule has 0 bridgehead atoms. The van der Waals surface area contributed by atoms with Crippen molar-refractivity contribution in [1.29, 1.82) is 0 Å². The lowest BCUT2D eigenvalue weighted by atomic mass is 9.88. The van der Waals surface area contributed by atoms with Gasteiger partial charge in [-0.05, 0) is 68.7 Å². The highest BCUT2D eigenvalue weighted by atomic mass is 15.3. The third kappa shape index (κ3) is 3.84. The number of likely N-dealkylation sites (N-methyl/N-ethyl adjacent to an activating group) is 1. The van der Waals surface area contributed by atoms with Crippen molar-refractivity contribution in [2.45, 2.75) is 25.7 Å². The molecule has 0 atom stereocenters. The minimum absolute atomic E-state index is 0.709. The lowest BCUT2D eigenvalue weighted by Gasteiger charge is -2.34. The van der Waals surface area contributed by atoms with Gasteiger partial charge in [-0.15, -0.1) is 0 Å². The number of nitrogens with zero attached hydrogens (tertiary/aromatic N) is 5. The van der Waals surface area contributed by atoms with E-state index in [1.807, 2.05) is 10.7 Å². The average molecular weight is 404 g/mol. The third-order valence-corrected chi connectivity index (χ3v) is 7.08. The van der Waals surface area contributed by atoms with Crippen LogP contribution in [0.25, 0.3) is 16.6 Å². The Morgan fingerprint density at radius 1 is 0.900 bits per heavy atom. The van der Waals surface area contributed by atoms with Crippen LogP contribution in [0.3, 0.4) is 0 Å².